The van der Waals surface area contributed by atoms with E-state index in [2.05, 4.69) is 21.4 Å². The second kappa shape index (κ2) is 3.97. The van der Waals surface area contributed by atoms with Gasteiger partial charge in [0.2, 0.25) is 0 Å². The Kier molecular flexibility index (Phi) is 2.47. The van der Waals surface area contributed by atoms with Crippen LogP contribution in [-0.4, -0.2) is 9.97 Å². The normalized spacial score (nSPS) is 10.8. The van der Waals surface area contributed by atoms with Crippen molar-refractivity contribution in [1.82, 2.24) is 9.97 Å². The third kappa shape index (κ3) is 1.64. The zero-order chi connectivity index (χ0) is 11.0. The standard InChI is InChI=1S/C10H7N3S3/c11-10-13-7(9-12-3-5-15-9)8(16-10)6-2-1-4-14-6/h1-5H,(H2,11,13). The minimum Gasteiger partial charge on any atom is -0.375 e. The molecule has 3 aromatic heterocycles. The van der Waals surface area contributed by atoms with Crippen molar-refractivity contribution in [2.24, 2.45) is 0 Å². The van der Waals surface area contributed by atoms with Gasteiger partial charge >= 0.3 is 0 Å². The molecule has 0 saturated heterocycles. The maximum Gasteiger partial charge on any atom is 0.181 e. The predicted molar refractivity (Wildman–Crippen MR) is 70.9 cm³/mol. The zero-order valence-corrected chi connectivity index (χ0v) is 10.5. The van der Waals surface area contributed by atoms with Crippen LogP contribution >= 0.6 is 34.0 Å². The lowest BCUT2D eigenvalue weighted by atomic mass is 10.3. The molecule has 3 heterocycles. The predicted octanol–water partition coefficient (Wildman–Crippen LogP) is 3.58. The van der Waals surface area contributed by atoms with E-state index >= 15 is 0 Å². The lowest BCUT2D eigenvalue weighted by molar-refractivity contribution is 1.35. The van der Waals surface area contributed by atoms with Gasteiger partial charge in [-0.25, -0.2) is 9.97 Å². The molecule has 0 aliphatic rings. The number of nitrogen functional groups attached to an aromatic ring is 1. The Morgan fingerprint density at radius 2 is 2.12 bits per heavy atom. The van der Waals surface area contributed by atoms with Crippen LogP contribution in [0.2, 0.25) is 0 Å². The van der Waals surface area contributed by atoms with Crippen molar-refractivity contribution in [2.75, 3.05) is 5.73 Å². The molecule has 6 heteroatoms. The molecule has 0 saturated carbocycles. The number of nitrogens with two attached hydrogens (primary N) is 1. The van der Waals surface area contributed by atoms with Gasteiger partial charge in [-0.05, 0) is 11.4 Å². The van der Waals surface area contributed by atoms with Gasteiger partial charge in [-0.3, -0.25) is 0 Å². The van der Waals surface area contributed by atoms with Crippen molar-refractivity contribution in [1.29, 1.82) is 0 Å². The van der Waals surface area contributed by atoms with Gasteiger partial charge in [0.25, 0.3) is 0 Å². The van der Waals surface area contributed by atoms with Gasteiger partial charge in [0.15, 0.2) is 5.13 Å². The summed E-state index contributed by atoms with van der Waals surface area (Å²) >= 11 is 4.79. The molecule has 0 atom stereocenters. The van der Waals surface area contributed by atoms with Gasteiger partial charge in [-0.15, -0.1) is 22.7 Å². The first kappa shape index (κ1) is 9.95. The summed E-state index contributed by atoms with van der Waals surface area (Å²) in [7, 11) is 0. The molecule has 16 heavy (non-hydrogen) atoms. The van der Waals surface area contributed by atoms with Crippen molar-refractivity contribution in [2.45, 2.75) is 0 Å². The summed E-state index contributed by atoms with van der Waals surface area (Å²) in [6.45, 7) is 0. The smallest absolute Gasteiger partial charge is 0.181 e. The third-order valence-corrected chi connectivity index (χ3v) is 4.74. The highest BCUT2D eigenvalue weighted by Crippen LogP contribution is 2.40. The van der Waals surface area contributed by atoms with Crippen molar-refractivity contribution < 1.29 is 0 Å². The Bertz CT molecular complexity index is 529. The van der Waals surface area contributed by atoms with Crippen molar-refractivity contribution in [3.05, 3.63) is 29.1 Å². The number of hydrogen-bond donors (Lipinski definition) is 1. The van der Waals surface area contributed by atoms with Crippen LogP contribution in [0.5, 0.6) is 0 Å². The Balaban J connectivity index is 2.19. The average molecular weight is 265 g/mol. The van der Waals surface area contributed by atoms with E-state index in [1.54, 1.807) is 28.9 Å². The van der Waals surface area contributed by atoms with Gasteiger partial charge in [0, 0.05) is 16.5 Å². The van der Waals surface area contributed by atoms with E-state index in [1.807, 2.05) is 11.4 Å². The fourth-order valence-corrected chi connectivity index (χ4v) is 3.78. The number of aromatic nitrogens is 2. The molecular weight excluding hydrogens is 258 g/mol. The van der Waals surface area contributed by atoms with Crippen LogP contribution in [-0.2, 0) is 0 Å². The van der Waals surface area contributed by atoms with E-state index in [9.17, 15) is 0 Å². The zero-order valence-electron chi connectivity index (χ0n) is 8.08. The van der Waals surface area contributed by atoms with E-state index in [4.69, 9.17) is 5.73 Å². The second-order valence-corrected chi connectivity index (χ2v) is 5.92. The number of thiophene rings is 1. The SMILES string of the molecule is Nc1nc(-c2nccs2)c(-c2cccs2)s1. The first-order valence-corrected chi connectivity index (χ1v) is 7.12. The highest BCUT2D eigenvalue weighted by atomic mass is 32.1. The summed E-state index contributed by atoms with van der Waals surface area (Å²) in [5.74, 6) is 0. The molecule has 0 aromatic carbocycles. The molecular formula is C10H7N3S3. The minimum absolute atomic E-state index is 0.591. The molecule has 0 aliphatic carbocycles. The Labute approximate surface area is 104 Å². The molecule has 80 valence electrons. The average Bonchev–Trinajstić information content (AvgIpc) is 2.98. The summed E-state index contributed by atoms with van der Waals surface area (Å²) in [4.78, 5) is 10.9. The largest absolute Gasteiger partial charge is 0.375 e. The quantitative estimate of drug-likeness (QED) is 0.770. The fourth-order valence-electron chi connectivity index (χ4n) is 1.40. The summed E-state index contributed by atoms with van der Waals surface area (Å²) in [5.41, 5.74) is 6.68. The summed E-state index contributed by atoms with van der Waals surface area (Å²) in [6, 6.07) is 4.11. The summed E-state index contributed by atoms with van der Waals surface area (Å²) < 4.78 is 0. The fraction of sp³-hybridized carbons (Fsp3) is 0. The number of thiazole rings is 2. The van der Waals surface area contributed by atoms with Crippen LogP contribution in [0.25, 0.3) is 20.5 Å². The molecule has 0 spiro atoms. The molecule has 0 unspecified atom stereocenters. The monoisotopic (exact) mass is 265 g/mol. The Hall–Kier alpha value is -1.24. The van der Waals surface area contributed by atoms with E-state index < -0.39 is 0 Å². The topological polar surface area (TPSA) is 51.8 Å². The first-order valence-electron chi connectivity index (χ1n) is 4.54. The Morgan fingerprint density at radius 3 is 2.81 bits per heavy atom. The number of rotatable bonds is 2. The highest BCUT2D eigenvalue weighted by molar-refractivity contribution is 7.24. The molecule has 0 amide bonds. The van der Waals surface area contributed by atoms with E-state index in [-0.39, 0.29) is 0 Å². The summed E-state index contributed by atoms with van der Waals surface area (Å²) in [5, 5.41) is 5.52. The van der Waals surface area contributed by atoms with Gasteiger partial charge in [0.1, 0.15) is 10.7 Å². The molecule has 2 N–H and O–H groups in total. The number of anilines is 1. The molecule has 3 nitrogen and oxygen atoms in total. The van der Waals surface area contributed by atoms with Crippen molar-refractivity contribution in [3.63, 3.8) is 0 Å². The van der Waals surface area contributed by atoms with Gasteiger partial charge in [0.05, 0.1) is 4.88 Å². The van der Waals surface area contributed by atoms with E-state index in [1.165, 1.54) is 16.2 Å². The number of hydrogen-bond acceptors (Lipinski definition) is 6. The molecule has 3 aromatic rings. The molecule has 0 bridgehead atoms. The molecule has 0 aliphatic heterocycles. The maximum atomic E-state index is 5.78. The first-order chi connectivity index (χ1) is 7.84. The number of nitrogens with zero attached hydrogens (tertiary/aromatic N) is 2. The van der Waals surface area contributed by atoms with Crippen LogP contribution in [0.3, 0.4) is 0 Å². The van der Waals surface area contributed by atoms with Crippen LogP contribution < -0.4 is 5.73 Å². The van der Waals surface area contributed by atoms with Crippen LogP contribution in [0, 0.1) is 0 Å². The molecule has 0 radical (unpaired) electrons. The lowest BCUT2D eigenvalue weighted by Crippen LogP contribution is -1.82. The highest BCUT2D eigenvalue weighted by Gasteiger charge is 2.15. The molecule has 3 rings (SSSR count). The van der Waals surface area contributed by atoms with Gasteiger partial charge in [-0.1, -0.05) is 17.4 Å². The third-order valence-electron chi connectivity index (χ3n) is 2.02. The van der Waals surface area contributed by atoms with Gasteiger partial charge in [-0.2, -0.15) is 0 Å². The van der Waals surface area contributed by atoms with Crippen molar-refractivity contribution >= 4 is 39.1 Å². The summed E-state index contributed by atoms with van der Waals surface area (Å²) in [6.07, 6.45) is 1.79. The van der Waals surface area contributed by atoms with Crippen LogP contribution in [0.4, 0.5) is 5.13 Å². The molecule has 0 fully saturated rings. The van der Waals surface area contributed by atoms with E-state index in [0.29, 0.717) is 5.13 Å². The van der Waals surface area contributed by atoms with E-state index in [0.717, 1.165) is 15.6 Å². The minimum atomic E-state index is 0.591. The van der Waals surface area contributed by atoms with Crippen LogP contribution in [0.1, 0.15) is 0 Å². The van der Waals surface area contributed by atoms with Crippen LogP contribution in [0.15, 0.2) is 29.1 Å². The Morgan fingerprint density at radius 1 is 1.19 bits per heavy atom. The second-order valence-electron chi connectivity index (χ2n) is 3.04. The lowest BCUT2D eigenvalue weighted by Gasteiger charge is -1.94. The van der Waals surface area contributed by atoms with Gasteiger partial charge < -0.3 is 5.73 Å². The maximum absolute atomic E-state index is 5.78. The van der Waals surface area contributed by atoms with Crippen molar-refractivity contribution in [3.8, 4) is 20.5 Å².